The number of aliphatic hydroxyl groups is 1. The van der Waals surface area contributed by atoms with E-state index in [2.05, 4.69) is 14.9 Å². The number of piperidine rings is 1. The highest BCUT2D eigenvalue weighted by Crippen LogP contribution is 2.20. The number of aliphatic hydroxyl groups excluding tert-OH is 1. The molecule has 2 rings (SSSR count). The van der Waals surface area contributed by atoms with Crippen LogP contribution in [0.15, 0.2) is 12.4 Å². The van der Waals surface area contributed by atoms with E-state index in [-0.39, 0.29) is 0 Å². The Morgan fingerprint density at radius 3 is 3.20 bits per heavy atom. The normalized spacial score (nSPS) is 23.1. The van der Waals surface area contributed by atoms with Gasteiger partial charge in [0.15, 0.2) is 0 Å². The summed E-state index contributed by atoms with van der Waals surface area (Å²) in [6.45, 7) is 2.31. The van der Waals surface area contributed by atoms with Crippen molar-refractivity contribution in [3.05, 3.63) is 18.2 Å². The van der Waals surface area contributed by atoms with Gasteiger partial charge in [0.25, 0.3) is 0 Å². The molecule has 4 nitrogen and oxygen atoms in total. The SMILES string of the molecule is OCC[C@@H]1CCCCN1Cc1ncc[nH]1. The molecule has 0 radical (unpaired) electrons. The van der Waals surface area contributed by atoms with Crippen molar-refractivity contribution in [2.75, 3.05) is 13.2 Å². The zero-order chi connectivity index (χ0) is 10.5. The van der Waals surface area contributed by atoms with Crippen LogP contribution >= 0.6 is 0 Å². The highest BCUT2D eigenvalue weighted by molar-refractivity contribution is 4.89. The molecular weight excluding hydrogens is 190 g/mol. The smallest absolute Gasteiger partial charge is 0.120 e. The standard InChI is InChI=1S/C11H19N3O/c15-8-4-10-3-1-2-7-14(10)9-11-12-5-6-13-11/h5-6,10,15H,1-4,7-9H2,(H,12,13)/t10-/m0/s1. The van der Waals surface area contributed by atoms with Gasteiger partial charge < -0.3 is 10.1 Å². The molecule has 4 heteroatoms. The Kier molecular flexibility index (Phi) is 3.75. The van der Waals surface area contributed by atoms with E-state index < -0.39 is 0 Å². The Bertz CT molecular complexity index is 271. The van der Waals surface area contributed by atoms with Crippen LogP contribution in [-0.4, -0.2) is 39.2 Å². The van der Waals surface area contributed by atoms with E-state index in [1.165, 1.54) is 19.3 Å². The fraction of sp³-hybridized carbons (Fsp3) is 0.727. The van der Waals surface area contributed by atoms with Gasteiger partial charge in [0.2, 0.25) is 0 Å². The fourth-order valence-electron chi connectivity index (χ4n) is 2.32. The van der Waals surface area contributed by atoms with Crippen molar-refractivity contribution in [3.63, 3.8) is 0 Å². The quantitative estimate of drug-likeness (QED) is 0.782. The van der Waals surface area contributed by atoms with E-state index >= 15 is 0 Å². The van der Waals surface area contributed by atoms with E-state index in [4.69, 9.17) is 5.11 Å². The lowest BCUT2D eigenvalue weighted by Crippen LogP contribution is -2.39. The maximum Gasteiger partial charge on any atom is 0.120 e. The molecule has 15 heavy (non-hydrogen) atoms. The van der Waals surface area contributed by atoms with Crippen LogP contribution in [0.5, 0.6) is 0 Å². The molecule has 0 aromatic carbocycles. The summed E-state index contributed by atoms with van der Waals surface area (Å²) in [6, 6.07) is 0.536. The first-order valence-electron chi connectivity index (χ1n) is 5.73. The summed E-state index contributed by atoms with van der Waals surface area (Å²) in [4.78, 5) is 9.81. The summed E-state index contributed by atoms with van der Waals surface area (Å²) >= 11 is 0. The Hall–Kier alpha value is -0.870. The summed E-state index contributed by atoms with van der Waals surface area (Å²) in [6.07, 6.45) is 8.31. The molecule has 84 valence electrons. The number of aromatic nitrogens is 2. The molecule has 1 atom stereocenters. The minimum Gasteiger partial charge on any atom is -0.396 e. The molecule has 0 bridgehead atoms. The van der Waals surface area contributed by atoms with Gasteiger partial charge in [-0.25, -0.2) is 4.98 Å². The fourth-order valence-corrected chi connectivity index (χ4v) is 2.32. The van der Waals surface area contributed by atoms with Crippen LogP contribution in [0.1, 0.15) is 31.5 Å². The van der Waals surface area contributed by atoms with E-state index in [9.17, 15) is 0 Å². The number of H-pyrrole nitrogens is 1. The van der Waals surface area contributed by atoms with Gasteiger partial charge in [0.05, 0.1) is 6.54 Å². The van der Waals surface area contributed by atoms with Crippen molar-refractivity contribution >= 4 is 0 Å². The molecule has 1 aromatic heterocycles. The second-order valence-electron chi connectivity index (χ2n) is 4.17. The number of imidazole rings is 1. The summed E-state index contributed by atoms with van der Waals surface area (Å²) in [5, 5.41) is 9.01. The largest absolute Gasteiger partial charge is 0.396 e. The second kappa shape index (κ2) is 5.28. The number of hydrogen-bond acceptors (Lipinski definition) is 3. The topological polar surface area (TPSA) is 52.1 Å². The van der Waals surface area contributed by atoms with Crippen LogP contribution in [-0.2, 0) is 6.54 Å². The number of nitrogens with one attached hydrogen (secondary N) is 1. The van der Waals surface area contributed by atoms with Crippen LogP contribution in [0.2, 0.25) is 0 Å². The molecule has 0 unspecified atom stereocenters. The van der Waals surface area contributed by atoms with Crippen LogP contribution in [0.25, 0.3) is 0 Å². The maximum atomic E-state index is 9.01. The average molecular weight is 209 g/mol. The Balaban J connectivity index is 1.92. The van der Waals surface area contributed by atoms with Gasteiger partial charge >= 0.3 is 0 Å². The van der Waals surface area contributed by atoms with Gasteiger partial charge in [-0.05, 0) is 25.8 Å². The molecule has 1 aliphatic heterocycles. The van der Waals surface area contributed by atoms with Crippen molar-refractivity contribution in [1.29, 1.82) is 0 Å². The summed E-state index contributed by atoms with van der Waals surface area (Å²) < 4.78 is 0. The monoisotopic (exact) mass is 209 g/mol. The highest BCUT2D eigenvalue weighted by atomic mass is 16.3. The molecule has 0 spiro atoms. The summed E-state index contributed by atoms with van der Waals surface area (Å²) in [5.74, 6) is 1.03. The lowest BCUT2D eigenvalue weighted by molar-refractivity contribution is 0.110. The molecule has 1 aliphatic rings. The van der Waals surface area contributed by atoms with Gasteiger partial charge in [-0.2, -0.15) is 0 Å². The molecule has 0 amide bonds. The minimum absolute atomic E-state index is 0.291. The van der Waals surface area contributed by atoms with Crippen LogP contribution < -0.4 is 0 Å². The molecular formula is C11H19N3O. The van der Waals surface area contributed by atoms with Gasteiger partial charge in [0, 0.05) is 25.0 Å². The van der Waals surface area contributed by atoms with E-state index in [0.29, 0.717) is 12.6 Å². The number of nitrogens with zero attached hydrogens (tertiary/aromatic N) is 2. The Labute approximate surface area is 90.3 Å². The number of rotatable bonds is 4. The average Bonchev–Trinajstić information content (AvgIpc) is 2.74. The van der Waals surface area contributed by atoms with Gasteiger partial charge in [0.1, 0.15) is 5.82 Å². The molecule has 2 heterocycles. The molecule has 1 fully saturated rings. The molecule has 2 N–H and O–H groups in total. The minimum atomic E-state index is 0.291. The van der Waals surface area contributed by atoms with Crippen molar-refractivity contribution in [2.24, 2.45) is 0 Å². The van der Waals surface area contributed by atoms with E-state index in [1.54, 1.807) is 6.20 Å². The maximum absolute atomic E-state index is 9.01. The van der Waals surface area contributed by atoms with Gasteiger partial charge in [-0.3, -0.25) is 4.90 Å². The number of likely N-dealkylation sites (tertiary alicyclic amines) is 1. The summed E-state index contributed by atoms with van der Waals surface area (Å²) in [7, 11) is 0. The van der Waals surface area contributed by atoms with Crippen LogP contribution in [0, 0.1) is 0 Å². The molecule has 1 saturated heterocycles. The number of hydrogen-bond donors (Lipinski definition) is 2. The zero-order valence-corrected chi connectivity index (χ0v) is 9.02. The zero-order valence-electron chi connectivity index (χ0n) is 9.02. The van der Waals surface area contributed by atoms with Crippen LogP contribution in [0.4, 0.5) is 0 Å². The Morgan fingerprint density at radius 2 is 2.47 bits per heavy atom. The van der Waals surface area contributed by atoms with E-state index in [0.717, 1.165) is 25.3 Å². The molecule has 0 aliphatic carbocycles. The van der Waals surface area contributed by atoms with E-state index in [1.807, 2.05) is 6.20 Å². The summed E-state index contributed by atoms with van der Waals surface area (Å²) in [5.41, 5.74) is 0. The predicted octanol–water partition coefficient (Wildman–Crippen LogP) is 1.15. The third-order valence-corrected chi connectivity index (χ3v) is 3.12. The first kappa shape index (κ1) is 10.6. The second-order valence-corrected chi connectivity index (χ2v) is 4.17. The Morgan fingerprint density at radius 1 is 1.53 bits per heavy atom. The van der Waals surface area contributed by atoms with Crippen molar-refractivity contribution in [2.45, 2.75) is 38.3 Å². The van der Waals surface area contributed by atoms with Gasteiger partial charge in [-0.15, -0.1) is 0 Å². The highest BCUT2D eigenvalue weighted by Gasteiger charge is 2.22. The van der Waals surface area contributed by atoms with Crippen molar-refractivity contribution in [3.8, 4) is 0 Å². The third-order valence-electron chi connectivity index (χ3n) is 3.12. The first-order valence-corrected chi connectivity index (χ1v) is 5.73. The lowest BCUT2D eigenvalue weighted by atomic mass is 10.00. The van der Waals surface area contributed by atoms with Gasteiger partial charge in [-0.1, -0.05) is 6.42 Å². The lowest BCUT2D eigenvalue weighted by Gasteiger charge is -2.34. The van der Waals surface area contributed by atoms with Crippen molar-refractivity contribution in [1.82, 2.24) is 14.9 Å². The number of aromatic amines is 1. The predicted molar refractivity (Wildman–Crippen MR) is 58.3 cm³/mol. The van der Waals surface area contributed by atoms with Crippen LogP contribution in [0.3, 0.4) is 0 Å². The molecule has 0 saturated carbocycles. The third kappa shape index (κ3) is 2.79. The van der Waals surface area contributed by atoms with Crippen molar-refractivity contribution < 1.29 is 5.11 Å². The first-order chi connectivity index (χ1) is 7.40. The molecule has 1 aromatic rings.